The van der Waals surface area contributed by atoms with E-state index >= 15 is 0 Å². The van der Waals surface area contributed by atoms with Crippen LogP contribution in [-0.2, 0) is 4.79 Å². The van der Waals surface area contributed by atoms with Gasteiger partial charge in [-0.1, -0.05) is 6.92 Å². The molecule has 0 aromatic heterocycles. The third-order valence-electron chi connectivity index (χ3n) is 3.90. The van der Waals surface area contributed by atoms with Crippen LogP contribution in [0.15, 0.2) is 0 Å². The number of carbonyl (C=O) groups excluding carboxylic acids is 1. The number of nitrogens with one attached hydrogen (secondary N) is 1. The molecule has 0 spiro atoms. The number of hydrogen-bond acceptors (Lipinski definition) is 3. The van der Waals surface area contributed by atoms with Gasteiger partial charge in [-0.05, 0) is 50.5 Å². The number of piperidine rings is 1. The SMILES string of the molecule is CCSCCC(C)N1CCCC(NC2CC2)C1=O. The Hall–Kier alpha value is -0.220. The lowest BCUT2D eigenvalue weighted by Gasteiger charge is -2.37. The van der Waals surface area contributed by atoms with E-state index in [4.69, 9.17) is 0 Å². The zero-order valence-electron chi connectivity index (χ0n) is 11.7. The summed E-state index contributed by atoms with van der Waals surface area (Å²) in [5.74, 6) is 2.69. The van der Waals surface area contributed by atoms with Crippen molar-refractivity contribution in [3.63, 3.8) is 0 Å². The van der Waals surface area contributed by atoms with Crippen LogP contribution >= 0.6 is 11.8 Å². The summed E-state index contributed by atoms with van der Waals surface area (Å²) < 4.78 is 0. The fraction of sp³-hybridized carbons (Fsp3) is 0.929. The average molecular weight is 270 g/mol. The summed E-state index contributed by atoms with van der Waals surface area (Å²) in [7, 11) is 0. The maximum Gasteiger partial charge on any atom is 0.239 e. The number of carbonyl (C=O) groups is 1. The number of thioether (sulfide) groups is 1. The highest BCUT2D eigenvalue weighted by Gasteiger charge is 2.34. The zero-order chi connectivity index (χ0) is 13.0. The van der Waals surface area contributed by atoms with Crippen molar-refractivity contribution in [2.24, 2.45) is 0 Å². The second-order valence-electron chi connectivity index (χ2n) is 5.50. The smallest absolute Gasteiger partial charge is 0.239 e. The monoisotopic (exact) mass is 270 g/mol. The zero-order valence-corrected chi connectivity index (χ0v) is 12.5. The Morgan fingerprint density at radius 1 is 1.44 bits per heavy atom. The van der Waals surface area contributed by atoms with Gasteiger partial charge < -0.3 is 10.2 Å². The largest absolute Gasteiger partial charge is 0.339 e. The van der Waals surface area contributed by atoms with E-state index in [0.29, 0.717) is 18.0 Å². The van der Waals surface area contributed by atoms with Gasteiger partial charge in [-0.25, -0.2) is 0 Å². The summed E-state index contributed by atoms with van der Waals surface area (Å²) in [5, 5.41) is 3.50. The van der Waals surface area contributed by atoms with Gasteiger partial charge in [0, 0.05) is 18.6 Å². The minimum atomic E-state index is 0.104. The summed E-state index contributed by atoms with van der Waals surface area (Å²) in [6.45, 7) is 5.35. The van der Waals surface area contributed by atoms with Crippen LogP contribution in [0.3, 0.4) is 0 Å². The molecule has 3 nitrogen and oxygen atoms in total. The van der Waals surface area contributed by atoms with E-state index in [-0.39, 0.29) is 6.04 Å². The quantitative estimate of drug-likeness (QED) is 0.720. The van der Waals surface area contributed by atoms with Crippen molar-refractivity contribution in [1.82, 2.24) is 10.2 Å². The van der Waals surface area contributed by atoms with Gasteiger partial charge in [0.05, 0.1) is 6.04 Å². The van der Waals surface area contributed by atoms with E-state index in [9.17, 15) is 4.79 Å². The standard InChI is InChI=1S/C14H26N2OS/c1-3-18-10-8-11(2)16-9-4-5-13(14(16)17)15-12-6-7-12/h11-13,15H,3-10H2,1-2H3. The molecule has 1 heterocycles. The second-order valence-corrected chi connectivity index (χ2v) is 6.90. The minimum Gasteiger partial charge on any atom is -0.339 e. The predicted molar refractivity (Wildman–Crippen MR) is 78.0 cm³/mol. The molecule has 0 bridgehead atoms. The van der Waals surface area contributed by atoms with Crippen LogP contribution in [0.2, 0.25) is 0 Å². The molecule has 18 heavy (non-hydrogen) atoms. The fourth-order valence-corrected chi connectivity index (χ4v) is 3.38. The third-order valence-corrected chi connectivity index (χ3v) is 4.84. The van der Waals surface area contributed by atoms with Gasteiger partial charge in [0.15, 0.2) is 0 Å². The van der Waals surface area contributed by atoms with Crippen LogP contribution in [0, 0.1) is 0 Å². The molecule has 2 aliphatic rings. The lowest BCUT2D eigenvalue weighted by molar-refractivity contribution is -0.138. The van der Waals surface area contributed by atoms with Gasteiger partial charge in [0.2, 0.25) is 5.91 Å². The first-order valence-corrected chi connectivity index (χ1v) is 8.52. The number of amides is 1. The van der Waals surface area contributed by atoms with E-state index in [1.54, 1.807) is 0 Å². The second kappa shape index (κ2) is 6.80. The average Bonchev–Trinajstić information content (AvgIpc) is 3.16. The lowest BCUT2D eigenvalue weighted by Crippen LogP contribution is -2.54. The summed E-state index contributed by atoms with van der Waals surface area (Å²) in [5.41, 5.74) is 0. The van der Waals surface area contributed by atoms with Gasteiger partial charge in [0.1, 0.15) is 0 Å². The van der Waals surface area contributed by atoms with Crippen LogP contribution in [0.25, 0.3) is 0 Å². The van der Waals surface area contributed by atoms with Crippen LogP contribution < -0.4 is 5.32 Å². The molecule has 2 rings (SSSR count). The van der Waals surface area contributed by atoms with Crippen molar-refractivity contribution in [3.05, 3.63) is 0 Å². The van der Waals surface area contributed by atoms with Gasteiger partial charge in [-0.15, -0.1) is 0 Å². The van der Waals surface area contributed by atoms with E-state index in [2.05, 4.69) is 24.1 Å². The van der Waals surface area contributed by atoms with Crippen molar-refractivity contribution in [3.8, 4) is 0 Å². The summed E-state index contributed by atoms with van der Waals surface area (Å²) in [4.78, 5) is 14.5. The van der Waals surface area contributed by atoms with Crippen molar-refractivity contribution >= 4 is 17.7 Å². The molecule has 104 valence electrons. The maximum absolute atomic E-state index is 12.4. The maximum atomic E-state index is 12.4. The Labute approximate surface area is 115 Å². The molecule has 2 unspecified atom stereocenters. The molecule has 2 atom stereocenters. The molecule has 1 aliphatic heterocycles. The normalized spacial score (nSPS) is 26.4. The number of rotatable bonds is 7. The van der Waals surface area contributed by atoms with Gasteiger partial charge in [-0.2, -0.15) is 11.8 Å². The molecular weight excluding hydrogens is 244 g/mol. The Bertz CT molecular complexity index is 281. The summed E-state index contributed by atoms with van der Waals surface area (Å²) in [6.07, 6.45) is 5.82. The highest BCUT2D eigenvalue weighted by atomic mass is 32.2. The summed E-state index contributed by atoms with van der Waals surface area (Å²) >= 11 is 1.97. The molecule has 0 aromatic rings. The van der Waals surface area contributed by atoms with Crippen molar-refractivity contribution in [2.45, 2.75) is 64.1 Å². The highest BCUT2D eigenvalue weighted by Crippen LogP contribution is 2.23. The molecular formula is C14H26N2OS. The van der Waals surface area contributed by atoms with E-state index in [1.807, 2.05) is 11.8 Å². The summed E-state index contributed by atoms with van der Waals surface area (Å²) in [6, 6.07) is 1.14. The highest BCUT2D eigenvalue weighted by molar-refractivity contribution is 7.99. The van der Waals surface area contributed by atoms with Crippen LogP contribution in [-0.4, -0.2) is 47.0 Å². The molecule has 4 heteroatoms. The van der Waals surface area contributed by atoms with E-state index in [0.717, 1.165) is 25.8 Å². The van der Waals surface area contributed by atoms with Crippen molar-refractivity contribution in [1.29, 1.82) is 0 Å². The Kier molecular flexibility index (Phi) is 5.37. The molecule has 1 N–H and O–H groups in total. The number of hydrogen-bond donors (Lipinski definition) is 1. The molecule has 0 aromatic carbocycles. The van der Waals surface area contributed by atoms with Gasteiger partial charge >= 0.3 is 0 Å². The van der Waals surface area contributed by atoms with Crippen LogP contribution in [0.4, 0.5) is 0 Å². The molecule has 1 saturated carbocycles. The van der Waals surface area contributed by atoms with E-state index in [1.165, 1.54) is 24.3 Å². The fourth-order valence-electron chi connectivity index (χ4n) is 2.58. The number of likely N-dealkylation sites (tertiary alicyclic amines) is 1. The molecule has 2 fully saturated rings. The first-order valence-electron chi connectivity index (χ1n) is 7.36. The predicted octanol–water partition coefficient (Wildman–Crippen LogP) is 2.26. The van der Waals surface area contributed by atoms with Gasteiger partial charge in [-0.3, -0.25) is 4.79 Å². The first-order chi connectivity index (χ1) is 8.72. The Morgan fingerprint density at radius 3 is 2.89 bits per heavy atom. The van der Waals surface area contributed by atoms with Crippen LogP contribution in [0.1, 0.15) is 46.0 Å². The molecule has 1 saturated heterocycles. The van der Waals surface area contributed by atoms with Crippen molar-refractivity contribution in [2.75, 3.05) is 18.1 Å². The van der Waals surface area contributed by atoms with E-state index < -0.39 is 0 Å². The van der Waals surface area contributed by atoms with Crippen molar-refractivity contribution < 1.29 is 4.79 Å². The first kappa shape index (κ1) is 14.2. The molecule has 1 aliphatic carbocycles. The molecule has 1 amide bonds. The van der Waals surface area contributed by atoms with Crippen LogP contribution in [0.5, 0.6) is 0 Å². The van der Waals surface area contributed by atoms with Gasteiger partial charge in [0.25, 0.3) is 0 Å². The Balaban J connectivity index is 1.80. The Morgan fingerprint density at radius 2 is 2.22 bits per heavy atom. The third kappa shape index (κ3) is 3.89. The topological polar surface area (TPSA) is 32.3 Å². The number of nitrogens with zero attached hydrogens (tertiary/aromatic N) is 1. The lowest BCUT2D eigenvalue weighted by atomic mass is 10.0. The minimum absolute atomic E-state index is 0.104. The molecule has 0 radical (unpaired) electrons.